The highest BCUT2D eigenvalue weighted by Gasteiger charge is 2.25. The molecule has 0 fully saturated rings. The second kappa shape index (κ2) is 22.8. The number of halogens is 3. The maximum atomic E-state index is 12.2. The molecule has 0 radical (unpaired) electrons. The van der Waals surface area contributed by atoms with E-state index in [1.54, 1.807) is 36.8 Å². The van der Waals surface area contributed by atoms with E-state index in [4.69, 9.17) is 32.0 Å². The van der Waals surface area contributed by atoms with Gasteiger partial charge in [0.15, 0.2) is 0 Å². The first kappa shape index (κ1) is 50.8. The Hall–Kier alpha value is -8.10. The Morgan fingerprint density at radius 3 is 1.57 bits per heavy atom. The first-order valence-electron chi connectivity index (χ1n) is 23.6. The summed E-state index contributed by atoms with van der Waals surface area (Å²) in [5.41, 5.74) is 16.0. The lowest BCUT2D eigenvalue weighted by Gasteiger charge is -2.21. The average molecular weight is 1090 g/mol. The van der Waals surface area contributed by atoms with E-state index >= 15 is 0 Å². The lowest BCUT2D eigenvalue weighted by molar-refractivity contribution is -0.113. The Morgan fingerprint density at radius 1 is 0.514 bits per heavy atom. The largest absolute Gasteiger partial charge is 0.465 e. The predicted molar refractivity (Wildman–Crippen MR) is 298 cm³/mol. The third-order valence-electron chi connectivity index (χ3n) is 12.7. The first-order chi connectivity index (χ1) is 35.7. The van der Waals surface area contributed by atoms with Gasteiger partial charge in [0, 0.05) is 115 Å². The Bertz CT molecular complexity index is 3420. The summed E-state index contributed by atoms with van der Waals surface area (Å²) in [4.78, 5) is 54.3. The number of benzene rings is 4. The number of nitrogens with one attached hydrogen (secondary N) is 6. The van der Waals surface area contributed by atoms with Crippen molar-refractivity contribution in [2.24, 2.45) is 0 Å². The number of anilines is 4. The van der Waals surface area contributed by atoms with E-state index in [2.05, 4.69) is 67.1 Å². The average Bonchev–Trinajstić information content (AvgIpc) is 4.25. The zero-order valence-corrected chi connectivity index (χ0v) is 43.5. The van der Waals surface area contributed by atoms with Crippen LogP contribution in [0.4, 0.5) is 22.7 Å². The van der Waals surface area contributed by atoms with Gasteiger partial charge in [0.1, 0.15) is 11.5 Å². The molecule has 372 valence electrons. The van der Waals surface area contributed by atoms with E-state index in [-0.39, 0.29) is 23.6 Å². The fraction of sp³-hybridized carbons (Fsp3) is 0.119. The zero-order chi connectivity index (χ0) is 51.9. The van der Waals surface area contributed by atoms with Crippen LogP contribution in [0.3, 0.4) is 0 Å². The van der Waals surface area contributed by atoms with Gasteiger partial charge in [-0.05, 0) is 176 Å². The quantitative estimate of drug-likeness (QED) is 0.0957. The van der Waals surface area contributed by atoms with E-state index < -0.39 is 0 Å². The lowest BCUT2D eigenvalue weighted by atomic mass is 9.94. The number of allylic oxidation sites excluding steroid dienone is 1. The lowest BCUT2D eigenvalue weighted by Crippen LogP contribution is -2.23. The van der Waals surface area contributed by atoms with Gasteiger partial charge in [-0.3, -0.25) is 19.2 Å². The molecule has 0 aliphatic carbocycles. The van der Waals surface area contributed by atoms with Crippen LogP contribution < -0.4 is 21.3 Å². The summed E-state index contributed by atoms with van der Waals surface area (Å²) in [6.07, 6.45) is 14.9. The number of fused-ring (bicyclic) bond motifs is 4. The van der Waals surface area contributed by atoms with E-state index in [0.29, 0.717) is 47.1 Å². The standard InChI is InChI=1S/C16H16N2O.C15H12BrNO2.C14H11ClN2O.C14H10ClNO2/c1-10-6-12-8-13(9-14-4-3-5-17-14)16(19)18-15(12)7-11(10)2;1-9(14-3-2-6-19-14)12-7-10-4-5-11(16)8-13(10)17-15(12)18;15-11-3-4-13-9(7-11)6-10(14(18)17-13)8-12-2-1-5-16-12;15-11-3-4-13-9(7-11)6-10(14(17)16-13)8-12-2-1-5-18-12/h3-7,9,17H,8H2,1-2H3,(H,18,19);2-6,8H,7H2,1H3,(H,17,18);1-5,7-8,16H,6H2,(H,17,18);1-5,7-8H,6H2,(H,16,17)/b13-9+;12-9+;2*10-8+. The Balaban J connectivity index is 0.000000121. The maximum absolute atomic E-state index is 12.2. The van der Waals surface area contributed by atoms with Gasteiger partial charge < -0.3 is 40.1 Å². The molecular formula is C59H49BrCl2N6O6. The molecule has 0 unspecified atom stereocenters. The van der Waals surface area contributed by atoms with E-state index in [1.807, 2.05) is 122 Å². The Morgan fingerprint density at radius 2 is 1.03 bits per heavy atom. The molecule has 15 heteroatoms. The SMILES string of the molecule is C/C(=C1/Cc2ccc(Br)cc2NC1=O)c1ccco1.Cc1cc2c(cc1C)NC(=O)/C(=C/c1ccc[nH]1)C2.O=C1Nc2ccc(Cl)cc2C/C1=C\c1ccc[nH]1.O=C1Nc2ccc(Cl)cc2C/C1=C\c1ccco1. The van der Waals surface area contributed by atoms with Crippen molar-refractivity contribution in [1.82, 2.24) is 9.97 Å². The monoisotopic (exact) mass is 1090 g/mol. The number of aromatic nitrogens is 2. The molecule has 6 N–H and O–H groups in total. The van der Waals surface area contributed by atoms with Crippen LogP contribution in [0.1, 0.15) is 63.2 Å². The zero-order valence-electron chi connectivity index (χ0n) is 40.4. The van der Waals surface area contributed by atoms with Crippen LogP contribution in [-0.2, 0) is 44.9 Å². The van der Waals surface area contributed by atoms with E-state index in [0.717, 1.165) is 83.4 Å². The van der Waals surface area contributed by atoms with Crippen LogP contribution in [0.15, 0.2) is 176 Å². The second-order valence-electron chi connectivity index (χ2n) is 17.9. The molecule has 0 spiro atoms. The molecule has 0 bridgehead atoms. The molecule has 0 saturated carbocycles. The summed E-state index contributed by atoms with van der Waals surface area (Å²) in [6.45, 7) is 6.07. The van der Waals surface area contributed by atoms with Gasteiger partial charge in [0.05, 0.1) is 12.5 Å². The van der Waals surface area contributed by atoms with Crippen molar-refractivity contribution in [2.75, 3.05) is 21.3 Å². The molecule has 0 saturated heterocycles. The van der Waals surface area contributed by atoms with Crippen molar-refractivity contribution < 1.29 is 28.0 Å². The third kappa shape index (κ3) is 12.4. The Kier molecular flexibility index (Phi) is 15.6. The van der Waals surface area contributed by atoms with Gasteiger partial charge in [-0.1, -0.05) is 51.3 Å². The van der Waals surface area contributed by atoms with Crippen molar-refractivity contribution in [3.05, 3.63) is 233 Å². The molecule has 4 aromatic carbocycles. The molecule has 4 aromatic heterocycles. The van der Waals surface area contributed by atoms with Crippen molar-refractivity contribution in [3.8, 4) is 0 Å². The number of H-pyrrole nitrogens is 2. The summed E-state index contributed by atoms with van der Waals surface area (Å²) in [5.74, 6) is 1.20. The van der Waals surface area contributed by atoms with Crippen LogP contribution in [0.5, 0.6) is 0 Å². The fourth-order valence-corrected chi connectivity index (χ4v) is 9.38. The molecule has 4 amide bonds. The summed E-state index contributed by atoms with van der Waals surface area (Å²) in [6, 6.07) is 36.1. The van der Waals surface area contributed by atoms with Gasteiger partial charge in [0.25, 0.3) is 23.6 Å². The van der Waals surface area contributed by atoms with E-state index in [9.17, 15) is 19.2 Å². The number of carbonyl (C=O) groups excluding carboxylic acids is 4. The normalized spacial score (nSPS) is 16.5. The van der Waals surface area contributed by atoms with Crippen molar-refractivity contribution in [2.45, 2.75) is 46.5 Å². The molecule has 4 aliphatic heterocycles. The molecule has 8 aromatic rings. The highest BCUT2D eigenvalue weighted by atomic mass is 79.9. The van der Waals surface area contributed by atoms with Crippen LogP contribution >= 0.6 is 39.1 Å². The smallest absolute Gasteiger partial charge is 0.252 e. The number of furan rings is 2. The number of hydrogen-bond acceptors (Lipinski definition) is 6. The molecule has 74 heavy (non-hydrogen) atoms. The molecule has 4 aliphatic rings. The van der Waals surface area contributed by atoms with Crippen LogP contribution in [0.25, 0.3) is 23.8 Å². The minimum absolute atomic E-state index is 0.00893. The Labute approximate surface area is 445 Å². The van der Waals surface area contributed by atoms with Crippen LogP contribution in [0, 0.1) is 13.8 Å². The molecule has 12 nitrogen and oxygen atoms in total. The third-order valence-corrected chi connectivity index (χ3v) is 13.6. The number of aromatic amines is 2. The molecule has 12 rings (SSSR count). The molecule has 0 atom stereocenters. The minimum Gasteiger partial charge on any atom is -0.465 e. The minimum atomic E-state index is -0.0961. The first-order valence-corrected chi connectivity index (χ1v) is 25.1. The highest BCUT2D eigenvalue weighted by Crippen LogP contribution is 2.34. The van der Waals surface area contributed by atoms with Gasteiger partial charge in [-0.25, -0.2) is 0 Å². The summed E-state index contributed by atoms with van der Waals surface area (Å²) in [5, 5.41) is 13.0. The van der Waals surface area contributed by atoms with E-state index in [1.165, 1.54) is 16.7 Å². The van der Waals surface area contributed by atoms with Crippen molar-refractivity contribution in [3.63, 3.8) is 0 Å². The van der Waals surface area contributed by atoms with Gasteiger partial charge in [0.2, 0.25) is 0 Å². The number of aryl methyl sites for hydroxylation is 2. The van der Waals surface area contributed by atoms with Crippen molar-refractivity contribution >= 4 is 109 Å². The van der Waals surface area contributed by atoms with Gasteiger partial charge in [-0.2, -0.15) is 0 Å². The topological polar surface area (TPSA) is 174 Å². The van der Waals surface area contributed by atoms with Gasteiger partial charge >= 0.3 is 0 Å². The second-order valence-corrected chi connectivity index (χ2v) is 19.7. The number of amides is 4. The summed E-state index contributed by atoms with van der Waals surface area (Å²) in [7, 11) is 0. The summed E-state index contributed by atoms with van der Waals surface area (Å²) < 4.78 is 11.5. The number of carbonyl (C=O) groups is 4. The number of rotatable bonds is 4. The molecular weight excluding hydrogens is 1040 g/mol. The fourth-order valence-electron chi connectivity index (χ4n) is 8.63. The number of hydrogen-bond donors (Lipinski definition) is 6. The predicted octanol–water partition coefficient (Wildman–Crippen LogP) is 14.0. The van der Waals surface area contributed by atoms with Gasteiger partial charge in [-0.15, -0.1) is 0 Å². The molecule has 8 heterocycles. The van der Waals surface area contributed by atoms with Crippen LogP contribution in [-0.4, -0.2) is 33.6 Å². The summed E-state index contributed by atoms with van der Waals surface area (Å²) >= 11 is 15.3. The van der Waals surface area contributed by atoms with Crippen molar-refractivity contribution in [1.29, 1.82) is 0 Å². The highest BCUT2D eigenvalue weighted by molar-refractivity contribution is 9.10. The maximum Gasteiger partial charge on any atom is 0.252 e. The van der Waals surface area contributed by atoms with Crippen LogP contribution in [0.2, 0.25) is 10.0 Å².